The maximum atomic E-state index is 2.57. The summed E-state index contributed by atoms with van der Waals surface area (Å²) in [6.45, 7) is 7.26. The largest absolute Gasteiger partial charge is 0.310 e. The van der Waals surface area contributed by atoms with Crippen LogP contribution in [0, 0.1) is 0 Å². The van der Waals surface area contributed by atoms with Crippen molar-refractivity contribution in [2.24, 2.45) is 0 Å². The van der Waals surface area contributed by atoms with Crippen LogP contribution in [0.1, 0.15) is 70.8 Å². The molecule has 1 aromatic heterocycles. The van der Waals surface area contributed by atoms with Gasteiger partial charge in [0, 0.05) is 32.9 Å². The van der Waals surface area contributed by atoms with Crippen molar-refractivity contribution in [1.29, 1.82) is 0 Å². The molecule has 12 bridgehead atoms. The van der Waals surface area contributed by atoms with E-state index in [9.17, 15) is 0 Å². The highest BCUT2D eigenvalue weighted by Crippen LogP contribution is 2.65. The van der Waals surface area contributed by atoms with Crippen LogP contribution in [0.15, 0.2) is 261 Å². The Kier molecular flexibility index (Phi) is 8.57. The van der Waals surface area contributed by atoms with E-state index in [2.05, 4.69) is 291 Å². The Morgan fingerprint density at radius 1 is 0.287 bits per heavy atom. The zero-order chi connectivity index (χ0) is 52.8. The van der Waals surface area contributed by atoms with Crippen molar-refractivity contribution in [3.05, 3.63) is 311 Å². The molecule has 2 heteroatoms. The maximum Gasteiger partial charge on any atom is 0.0726 e. The second kappa shape index (κ2) is 15.5. The predicted octanol–water partition coefficient (Wildman–Crippen LogP) is 19.9. The lowest BCUT2D eigenvalue weighted by Crippen LogP contribution is -2.34. The van der Waals surface area contributed by atoms with Gasteiger partial charge in [0.25, 0.3) is 0 Å². The van der Waals surface area contributed by atoms with Crippen molar-refractivity contribution < 1.29 is 0 Å². The number of para-hydroxylation sites is 1. The van der Waals surface area contributed by atoms with Crippen LogP contribution in [0.4, 0.5) is 17.1 Å². The molecule has 1 atom stereocenters. The van der Waals surface area contributed by atoms with Crippen LogP contribution in [0.2, 0.25) is 0 Å². The number of rotatable bonds is 2. The number of aromatic nitrogens is 1. The van der Waals surface area contributed by atoms with Crippen molar-refractivity contribution >= 4 is 38.9 Å². The fraction of sp³-hybridized carbons (Fsp3) is 0.0769. The van der Waals surface area contributed by atoms with Crippen molar-refractivity contribution in [3.63, 3.8) is 0 Å². The summed E-state index contributed by atoms with van der Waals surface area (Å²) < 4.78 is 2.57. The Hall–Kier alpha value is -9.76. The van der Waals surface area contributed by atoms with Crippen molar-refractivity contribution in [2.75, 3.05) is 4.90 Å². The first-order valence-corrected chi connectivity index (χ1v) is 28.3. The SMILES string of the molecule is CC1(C)c2ccccc2-c2ccc(N3c4ccccc4C4(C)c5cccc(c5)-c5ccc6c(c5)c5cc(-c7ccccc7)ccc5n6-c5cccc6c5-c5ccc(cc5C65c6ccccc6-c6ccccc65)-c5ccc3c4c5)cc21. The zero-order valence-electron chi connectivity index (χ0n) is 44.7. The Morgan fingerprint density at radius 2 is 0.787 bits per heavy atom. The molecule has 374 valence electrons. The molecule has 80 heavy (non-hydrogen) atoms. The Balaban J connectivity index is 0.958. The van der Waals surface area contributed by atoms with Crippen LogP contribution >= 0.6 is 0 Å². The van der Waals surface area contributed by atoms with Crippen LogP contribution < -0.4 is 4.90 Å². The van der Waals surface area contributed by atoms with Crippen LogP contribution in [0.5, 0.6) is 0 Å². The van der Waals surface area contributed by atoms with E-state index in [-0.39, 0.29) is 5.41 Å². The summed E-state index contributed by atoms with van der Waals surface area (Å²) in [5, 5.41) is 2.47. The molecule has 0 radical (unpaired) electrons. The van der Waals surface area contributed by atoms with Gasteiger partial charge in [-0.1, -0.05) is 202 Å². The molecule has 21 rings (SSSR count). The van der Waals surface area contributed by atoms with E-state index in [0.29, 0.717) is 0 Å². The van der Waals surface area contributed by atoms with Gasteiger partial charge in [0.05, 0.1) is 33.5 Å². The molecule has 0 N–H and O–H groups in total. The lowest BCUT2D eigenvalue weighted by molar-refractivity contribution is 0.660. The maximum absolute atomic E-state index is 2.57. The molecular weight excluding hydrogens is 965 g/mol. The zero-order valence-corrected chi connectivity index (χ0v) is 44.7. The number of anilines is 3. The van der Waals surface area contributed by atoms with E-state index in [1.54, 1.807) is 0 Å². The quantitative estimate of drug-likeness (QED) is 0.168. The highest BCUT2D eigenvalue weighted by Gasteiger charge is 2.53. The third-order valence-electron chi connectivity index (χ3n) is 19.6. The molecule has 6 heterocycles. The number of nitrogens with zero attached hydrogens (tertiary/aromatic N) is 2. The van der Waals surface area contributed by atoms with Crippen LogP contribution in [0.25, 0.3) is 94.3 Å². The molecule has 8 aliphatic rings. The molecule has 12 aromatic carbocycles. The number of hydrogen-bond donors (Lipinski definition) is 0. The van der Waals surface area contributed by atoms with E-state index < -0.39 is 10.8 Å². The topological polar surface area (TPSA) is 8.17 Å². The number of hydrogen-bond acceptors (Lipinski definition) is 1. The summed E-state index contributed by atoms with van der Waals surface area (Å²) in [7, 11) is 0. The van der Waals surface area contributed by atoms with Gasteiger partial charge >= 0.3 is 0 Å². The summed E-state index contributed by atoms with van der Waals surface area (Å²) in [5.74, 6) is 0. The fourth-order valence-corrected chi connectivity index (χ4v) is 15.9. The Bertz CT molecular complexity index is 4850. The summed E-state index contributed by atoms with van der Waals surface area (Å²) in [4.78, 5) is 2.56. The highest BCUT2D eigenvalue weighted by molar-refractivity contribution is 6.13. The van der Waals surface area contributed by atoms with Gasteiger partial charge in [-0.3, -0.25) is 0 Å². The average molecular weight is 1020 g/mol. The first-order valence-electron chi connectivity index (χ1n) is 28.3. The third kappa shape index (κ3) is 5.48. The van der Waals surface area contributed by atoms with Crippen LogP contribution in [0.3, 0.4) is 0 Å². The van der Waals surface area contributed by atoms with Gasteiger partial charge in [-0.25, -0.2) is 0 Å². The molecule has 0 saturated heterocycles. The van der Waals surface area contributed by atoms with E-state index in [0.717, 1.165) is 0 Å². The molecule has 5 aliphatic heterocycles. The van der Waals surface area contributed by atoms with Crippen LogP contribution in [-0.4, -0.2) is 4.57 Å². The summed E-state index contributed by atoms with van der Waals surface area (Å²) in [5.41, 5.74) is 32.8. The van der Waals surface area contributed by atoms with Gasteiger partial charge in [0.15, 0.2) is 0 Å². The van der Waals surface area contributed by atoms with Gasteiger partial charge in [0.1, 0.15) is 0 Å². The van der Waals surface area contributed by atoms with Crippen molar-refractivity contribution in [1.82, 2.24) is 4.57 Å². The number of benzene rings is 12. The minimum Gasteiger partial charge on any atom is -0.310 e. The third-order valence-corrected chi connectivity index (χ3v) is 19.6. The predicted molar refractivity (Wildman–Crippen MR) is 331 cm³/mol. The van der Waals surface area contributed by atoms with E-state index in [4.69, 9.17) is 0 Å². The van der Waals surface area contributed by atoms with Gasteiger partial charge in [-0.15, -0.1) is 0 Å². The van der Waals surface area contributed by atoms with Crippen LogP contribution in [-0.2, 0) is 16.2 Å². The van der Waals surface area contributed by atoms with Gasteiger partial charge < -0.3 is 9.47 Å². The molecule has 0 fully saturated rings. The monoisotopic (exact) mass is 1020 g/mol. The number of fused-ring (bicyclic) bond motifs is 11. The van der Waals surface area contributed by atoms with Crippen molar-refractivity contribution in [3.8, 4) is 72.4 Å². The molecule has 13 aromatic rings. The average Bonchev–Trinajstić information content (AvgIpc) is 4.25. The minimum absolute atomic E-state index is 0.146. The Labute approximate surface area is 466 Å². The molecule has 1 spiro atoms. The lowest BCUT2D eigenvalue weighted by Gasteiger charge is -2.44. The van der Waals surface area contributed by atoms with E-state index in [1.807, 2.05) is 0 Å². The fourth-order valence-electron chi connectivity index (χ4n) is 15.9. The summed E-state index contributed by atoms with van der Waals surface area (Å²) in [6.07, 6.45) is 0. The van der Waals surface area contributed by atoms with Gasteiger partial charge in [0.2, 0.25) is 0 Å². The molecular formula is C78H52N2. The second-order valence-corrected chi connectivity index (χ2v) is 23.7. The molecule has 3 aliphatic carbocycles. The van der Waals surface area contributed by atoms with Gasteiger partial charge in [-0.2, -0.15) is 0 Å². The van der Waals surface area contributed by atoms with Gasteiger partial charge in [-0.05, 0) is 191 Å². The smallest absolute Gasteiger partial charge is 0.0726 e. The first kappa shape index (κ1) is 44.2. The molecule has 0 amide bonds. The summed E-state index contributed by atoms with van der Waals surface area (Å²) in [6, 6.07) is 100. The normalized spacial score (nSPS) is 16.4. The molecule has 0 saturated carbocycles. The Morgan fingerprint density at radius 3 is 1.52 bits per heavy atom. The molecule has 2 nitrogen and oxygen atoms in total. The van der Waals surface area contributed by atoms with E-state index >= 15 is 0 Å². The van der Waals surface area contributed by atoms with E-state index in [1.165, 1.54) is 161 Å². The van der Waals surface area contributed by atoms with Crippen molar-refractivity contribution in [2.45, 2.75) is 37.0 Å². The molecule has 1 unspecified atom stereocenters. The standard InChI is InChI=1S/C78H52N2/c1-76(2)62-24-10-7-21-55(62)58-37-35-54(46-67(58)76)79-72-29-14-13-27-65(72)77(3)53-20-15-19-48(41-53)50-33-39-71-61(43-50)60-42-49(47-17-5-4-6-18-47)32-38-70(60)80(71)74-30-16-28-66-75(74)59-36-31-51(52-34-40-73(79)69(77)45-52)44-68(59)78(66)63-25-11-8-22-56(63)57-23-9-12-26-64(57)78/h4-46H,1-3H3. The lowest BCUT2D eigenvalue weighted by atomic mass is 9.66. The summed E-state index contributed by atoms with van der Waals surface area (Å²) >= 11 is 0. The minimum atomic E-state index is -0.558. The highest BCUT2D eigenvalue weighted by atomic mass is 15.2. The second-order valence-electron chi connectivity index (χ2n) is 23.7. The first-order chi connectivity index (χ1) is 39.3.